The van der Waals surface area contributed by atoms with E-state index in [1.54, 1.807) is 18.5 Å². The molecule has 0 aromatic carbocycles. The quantitative estimate of drug-likeness (QED) is 0.0673. The molecular weight excluding hydrogens is 550 g/mol. The number of methoxy groups -OCH3 is 1. The largest absolute Gasteiger partial charge is 1.00 e. The zero-order chi connectivity index (χ0) is 24.8. The van der Waals surface area contributed by atoms with E-state index in [-0.39, 0.29) is 116 Å². The molecule has 3 aromatic rings. The van der Waals surface area contributed by atoms with Gasteiger partial charge in [0.05, 0.1) is 23.9 Å². The summed E-state index contributed by atoms with van der Waals surface area (Å²) < 4.78 is 4.69. The van der Waals surface area contributed by atoms with Gasteiger partial charge in [-0.2, -0.15) is 5.26 Å². The topological polar surface area (TPSA) is 175 Å². The normalized spacial score (nSPS) is 8.80. The second-order valence-corrected chi connectivity index (χ2v) is 7.12. The summed E-state index contributed by atoms with van der Waals surface area (Å²) in [4.78, 5) is 31.9. The van der Waals surface area contributed by atoms with E-state index in [0.29, 0.717) is 16.1 Å². The summed E-state index contributed by atoms with van der Waals surface area (Å²) in [5.41, 5.74) is 8.44. The number of anilines is 3. The van der Waals surface area contributed by atoms with Crippen LogP contribution in [0.3, 0.4) is 0 Å². The van der Waals surface area contributed by atoms with Gasteiger partial charge >= 0.3 is 109 Å². The van der Waals surface area contributed by atoms with Gasteiger partial charge in [-0.25, -0.2) is 14.8 Å². The van der Waals surface area contributed by atoms with Crippen molar-refractivity contribution in [1.82, 2.24) is 9.97 Å². The van der Waals surface area contributed by atoms with Crippen molar-refractivity contribution in [3.63, 3.8) is 0 Å². The molecule has 0 bridgehead atoms. The summed E-state index contributed by atoms with van der Waals surface area (Å²) >= 11 is 6.94. The van der Waals surface area contributed by atoms with Crippen LogP contribution in [0, 0.1) is 11.3 Å². The Balaban J connectivity index is -0.000000509. The number of halogens is 1. The first-order valence-corrected chi connectivity index (χ1v) is 10.6. The van der Waals surface area contributed by atoms with Gasteiger partial charge in [0, 0.05) is 31.2 Å². The number of nitrogens with two attached hydrogens (primary N) is 1. The maximum absolute atomic E-state index is 11.5. The van der Waals surface area contributed by atoms with Crippen molar-refractivity contribution in [3.8, 4) is 6.07 Å². The molecule has 3 rings (SSSR count). The predicted octanol–water partition coefficient (Wildman–Crippen LogP) is -3.31. The average molecular weight is 573 g/mol. The minimum atomic E-state index is -0.423. The Bertz CT molecular complexity index is 1140. The van der Waals surface area contributed by atoms with E-state index >= 15 is 0 Å². The molecule has 15 heteroatoms. The molecule has 3 aromatic heterocycles. The van der Waals surface area contributed by atoms with Crippen molar-refractivity contribution >= 4 is 62.7 Å². The van der Waals surface area contributed by atoms with Crippen LogP contribution in [0.25, 0.3) is 10.2 Å². The molecule has 0 aliphatic rings. The number of rotatable bonds is 6. The van der Waals surface area contributed by atoms with Crippen LogP contribution in [0.5, 0.6) is 0 Å². The fourth-order valence-electron chi connectivity index (χ4n) is 2.51. The second-order valence-electron chi connectivity index (χ2n) is 5.76. The van der Waals surface area contributed by atoms with Gasteiger partial charge < -0.3 is 32.7 Å². The van der Waals surface area contributed by atoms with Crippen molar-refractivity contribution in [2.75, 3.05) is 36.6 Å². The molecule has 0 amide bonds. The maximum Gasteiger partial charge on any atom is 1.00 e. The van der Waals surface area contributed by atoms with E-state index in [2.05, 4.69) is 30.2 Å². The van der Waals surface area contributed by atoms with Gasteiger partial charge in [0.1, 0.15) is 26.5 Å². The molecule has 178 valence electrons. The summed E-state index contributed by atoms with van der Waals surface area (Å²) in [6.45, 7) is 5.31. The number of ether oxygens (including phenoxy) is 1. The van der Waals surface area contributed by atoms with Crippen molar-refractivity contribution in [1.29, 1.82) is 5.26 Å². The Morgan fingerprint density at radius 3 is 2.31 bits per heavy atom. The molecule has 35 heavy (non-hydrogen) atoms. The van der Waals surface area contributed by atoms with Crippen molar-refractivity contribution in [2.45, 2.75) is 13.8 Å². The van der Waals surface area contributed by atoms with Crippen LogP contribution in [-0.4, -0.2) is 42.6 Å². The van der Waals surface area contributed by atoms with E-state index in [1.165, 1.54) is 18.4 Å². The zero-order valence-corrected chi connectivity index (χ0v) is 27.9. The molecule has 4 N–H and O–H groups in total. The molecule has 0 spiro atoms. The van der Waals surface area contributed by atoms with Crippen LogP contribution in [0.2, 0.25) is 5.15 Å². The summed E-state index contributed by atoms with van der Waals surface area (Å²) in [7, 11) is 1.34. The monoisotopic (exact) mass is 572 g/mol. The van der Waals surface area contributed by atoms with E-state index in [4.69, 9.17) is 32.6 Å². The Kier molecular flexibility index (Phi) is 21.7. The van der Waals surface area contributed by atoms with E-state index in [0.717, 1.165) is 34.7 Å². The Morgan fingerprint density at radius 2 is 1.80 bits per heavy atom. The number of carbonyl (C=O) groups excluding carboxylic acids is 2. The molecule has 0 atom stereocenters. The number of hydrogen-bond acceptors (Lipinski definition) is 12. The summed E-state index contributed by atoms with van der Waals surface area (Å²) in [6.07, 6.45) is 3.26. The smallest absolute Gasteiger partial charge is 1.00 e. The number of nitrogens with one attached hydrogen (secondary N) is 2. The predicted molar refractivity (Wildman–Crippen MR) is 126 cm³/mol. The van der Waals surface area contributed by atoms with Crippen LogP contribution < -0.4 is 124 Å². The van der Waals surface area contributed by atoms with Crippen LogP contribution in [0.15, 0.2) is 24.5 Å². The third-order valence-electron chi connectivity index (χ3n) is 3.79. The Hall–Kier alpha value is -0.387. The first kappa shape index (κ1) is 36.8. The van der Waals surface area contributed by atoms with Gasteiger partial charge in [-0.3, -0.25) is 4.79 Å². The molecular formula is C20H23ClK2N6O5S. The second kappa shape index (κ2) is 20.6. The Labute approximate surface area is 298 Å². The minimum absolute atomic E-state index is 0. The molecule has 11 nitrogen and oxygen atoms in total. The van der Waals surface area contributed by atoms with Crippen molar-refractivity contribution in [2.24, 2.45) is 0 Å². The van der Waals surface area contributed by atoms with Gasteiger partial charge in [0.15, 0.2) is 0 Å². The van der Waals surface area contributed by atoms with Gasteiger partial charge in [0.25, 0.3) is 6.47 Å². The van der Waals surface area contributed by atoms with Crippen LogP contribution in [0.4, 0.5) is 17.1 Å². The third kappa shape index (κ3) is 11.3. The standard InChI is InChI=1S/C11H13N3O2S.C8H8ClN3.CH2O3.2K.H/c1-3-13-6-4-5-14-10-7(6)8(12)9(17-10)11(15)16-2;1-2-11-7-3-4-12-8(9)6(7)5-10;2-1-4-3;;;/h4-5H,3,12H2,1-2H3,(H,13,14);3-4H,2H2,1H3,(H,11,12);1,3H;;;/q;;;2*+1;-1/p-1. The van der Waals surface area contributed by atoms with Gasteiger partial charge in [-0.15, -0.1) is 11.3 Å². The fourth-order valence-corrected chi connectivity index (χ4v) is 3.72. The first-order valence-electron chi connectivity index (χ1n) is 9.39. The van der Waals surface area contributed by atoms with E-state index in [9.17, 15) is 4.79 Å². The van der Waals surface area contributed by atoms with Crippen LogP contribution in [-0.2, 0) is 14.4 Å². The number of nitrogen functional groups attached to an aromatic ring is 1. The number of pyridine rings is 2. The molecule has 0 saturated carbocycles. The number of nitrogens with zero attached hydrogens (tertiary/aromatic N) is 3. The summed E-state index contributed by atoms with van der Waals surface area (Å²) in [6, 6.07) is 5.57. The van der Waals surface area contributed by atoms with E-state index in [1.807, 2.05) is 26.0 Å². The number of fused-ring (bicyclic) bond motifs is 1. The number of nitriles is 1. The third-order valence-corrected chi connectivity index (χ3v) is 5.17. The fraction of sp³-hybridized carbons (Fsp3) is 0.250. The molecule has 0 saturated heterocycles. The van der Waals surface area contributed by atoms with E-state index < -0.39 is 5.97 Å². The Morgan fingerprint density at radius 1 is 1.26 bits per heavy atom. The van der Waals surface area contributed by atoms with Gasteiger partial charge in [-0.1, -0.05) is 11.6 Å². The molecule has 3 heterocycles. The molecule has 0 aliphatic heterocycles. The number of aromatic nitrogens is 2. The maximum atomic E-state index is 11.5. The number of carbonyl (C=O) groups is 2. The molecule has 0 radical (unpaired) electrons. The summed E-state index contributed by atoms with van der Waals surface area (Å²) in [5.74, 6) is -0.423. The molecule has 0 aliphatic carbocycles. The molecule has 0 fully saturated rings. The van der Waals surface area contributed by atoms with Crippen molar-refractivity contribution < 1.29 is 129 Å². The molecule has 0 unspecified atom stereocenters. The SMILES string of the molecule is CCNc1ccnc(Cl)c1C#N.CCNc1ccnc2sc(C(=O)OC)c(N)c12.O=CO[O-].[H-].[K+].[K+]. The minimum Gasteiger partial charge on any atom is -1.00 e. The average Bonchev–Trinajstić information content (AvgIpc) is 3.17. The van der Waals surface area contributed by atoms with Gasteiger partial charge in [-0.05, 0) is 26.0 Å². The number of thiophene rings is 1. The number of hydrogen-bond donors (Lipinski definition) is 3. The number of esters is 1. The first-order chi connectivity index (χ1) is 15.9. The zero-order valence-electron chi connectivity index (χ0n) is 21.0. The van der Waals surface area contributed by atoms with Crippen molar-refractivity contribution in [3.05, 3.63) is 40.1 Å². The van der Waals surface area contributed by atoms with Crippen LogP contribution >= 0.6 is 22.9 Å². The van der Waals surface area contributed by atoms with Gasteiger partial charge in [0.2, 0.25) is 0 Å². The summed E-state index contributed by atoms with van der Waals surface area (Å²) in [5, 5.41) is 24.4. The van der Waals surface area contributed by atoms with Crippen LogP contribution in [0.1, 0.15) is 30.5 Å².